The summed E-state index contributed by atoms with van der Waals surface area (Å²) >= 11 is 3.34. The highest BCUT2D eigenvalue weighted by molar-refractivity contribution is 9.10. The minimum atomic E-state index is -0.427. The van der Waals surface area contributed by atoms with Crippen molar-refractivity contribution in [3.8, 4) is 0 Å². The van der Waals surface area contributed by atoms with Crippen LogP contribution in [0, 0.1) is 15.9 Å². The first kappa shape index (κ1) is 15.6. The number of nitrogens with zero attached hydrogens (tertiary/aromatic N) is 1. The van der Waals surface area contributed by atoms with Gasteiger partial charge in [0.1, 0.15) is 5.82 Å². The Hall–Kier alpha value is -1.79. The Kier molecular flexibility index (Phi) is 5.03. The molecule has 0 saturated carbocycles. The summed E-state index contributed by atoms with van der Waals surface area (Å²) in [6, 6.07) is 11.0. The molecule has 2 rings (SSSR count). The first-order valence-corrected chi connectivity index (χ1v) is 7.18. The van der Waals surface area contributed by atoms with E-state index in [-0.39, 0.29) is 17.5 Å². The molecule has 0 radical (unpaired) electrons. The van der Waals surface area contributed by atoms with Gasteiger partial charge in [0.25, 0.3) is 5.69 Å². The molecule has 0 fully saturated rings. The SMILES string of the molecule is C[C@H](NCc1ccc([N+](=O)[O-])cc1Br)c1ccc(F)cc1. The Morgan fingerprint density at radius 1 is 1.29 bits per heavy atom. The van der Waals surface area contributed by atoms with E-state index in [2.05, 4.69) is 21.2 Å². The van der Waals surface area contributed by atoms with E-state index in [9.17, 15) is 14.5 Å². The molecule has 0 unspecified atom stereocenters. The predicted molar refractivity (Wildman–Crippen MR) is 82.5 cm³/mol. The van der Waals surface area contributed by atoms with Crippen molar-refractivity contribution in [2.24, 2.45) is 0 Å². The van der Waals surface area contributed by atoms with Gasteiger partial charge >= 0.3 is 0 Å². The summed E-state index contributed by atoms with van der Waals surface area (Å²) in [6.07, 6.45) is 0. The maximum absolute atomic E-state index is 12.9. The first-order chi connectivity index (χ1) is 9.97. The second-order valence-corrected chi connectivity index (χ2v) is 5.54. The normalized spacial score (nSPS) is 12.1. The van der Waals surface area contributed by atoms with Gasteiger partial charge in [-0.3, -0.25) is 10.1 Å². The van der Waals surface area contributed by atoms with Gasteiger partial charge in [-0.1, -0.05) is 28.1 Å². The van der Waals surface area contributed by atoms with Crippen molar-refractivity contribution in [2.75, 3.05) is 0 Å². The highest BCUT2D eigenvalue weighted by atomic mass is 79.9. The van der Waals surface area contributed by atoms with Crippen molar-refractivity contribution in [1.82, 2.24) is 5.32 Å². The van der Waals surface area contributed by atoms with Crippen molar-refractivity contribution >= 4 is 21.6 Å². The summed E-state index contributed by atoms with van der Waals surface area (Å²) in [5.41, 5.74) is 1.96. The molecule has 0 heterocycles. The fourth-order valence-electron chi connectivity index (χ4n) is 1.93. The maximum Gasteiger partial charge on any atom is 0.270 e. The number of benzene rings is 2. The third kappa shape index (κ3) is 4.09. The summed E-state index contributed by atoms with van der Waals surface area (Å²) in [6.45, 7) is 2.53. The molecule has 4 nitrogen and oxygen atoms in total. The standard InChI is InChI=1S/C15H14BrFN2O2/c1-10(11-2-5-13(17)6-3-11)18-9-12-4-7-14(19(20)21)8-15(12)16/h2-8,10,18H,9H2,1H3/t10-/m0/s1. The fraction of sp³-hybridized carbons (Fsp3) is 0.200. The van der Waals surface area contributed by atoms with Gasteiger partial charge in [0, 0.05) is 29.2 Å². The van der Waals surface area contributed by atoms with Gasteiger partial charge in [0.15, 0.2) is 0 Å². The number of nitro groups is 1. The molecule has 21 heavy (non-hydrogen) atoms. The smallest absolute Gasteiger partial charge is 0.270 e. The molecule has 0 aromatic heterocycles. The second-order valence-electron chi connectivity index (χ2n) is 4.69. The molecule has 0 saturated heterocycles. The van der Waals surface area contributed by atoms with Crippen LogP contribution in [0.15, 0.2) is 46.9 Å². The van der Waals surface area contributed by atoms with Crippen molar-refractivity contribution in [2.45, 2.75) is 19.5 Å². The first-order valence-electron chi connectivity index (χ1n) is 6.39. The number of nitro benzene ring substituents is 1. The largest absolute Gasteiger partial charge is 0.306 e. The number of hydrogen-bond donors (Lipinski definition) is 1. The molecular weight excluding hydrogens is 339 g/mol. The number of hydrogen-bond acceptors (Lipinski definition) is 3. The third-order valence-corrected chi connectivity index (χ3v) is 3.95. The summed E-state index contributed by atoms with van der Waals surface area (Å²) in [7, 11) is 0. The van der Waals surface area contributed by atoms with Crippen LogP contribution in [0.4, 0.5) is 10.1 Å². The molecule has 110 valence electrons. The van der Waals surface area contributed by atoms with Crippen LogP contribution in [0.1, 0.15) is 24.1 Å². The Labute approximate surface area is 130 Å². The topological polar surface area (TPSA) is 55.2 Å². The van der Waals surface area contributed by atoms with E-state index in [1.807, 2.05) is 6.92 Å². The van der Waals surface area contributed by atoms with Crippen molar-refractivity contribution in [3.63, 3.8) is 0 Å². The van der Waals surface area contributed by atoms with E-state index >= 15 is 0 Å². The van der Waals surface area contributed by atoms with E-state index < -0.39 is 4.92 Å². The summed E-state index contributed by atoms with van der Waals surface area (Å²) in [4.78, 5) is 10.3. The monoisotopic (exact) mass is 352 g/mol. The lowest BCUT2D eigenvalue weighted by Crippen LogP contribution is -2.18. The minimum absolute atomic E-state index is 0.0488. The summed E-state index contributed by atoms with van der Waals surface area (Å²) in [5.74, 6) is -0.260. The fourth-order valence-corrected chi connectivity index (χ4v) is 2.43. The van der Waals surface area contributed by atoms with E-state index in [4.69, 9.17) is 0 Å². The minimum Gasteiger partial charge on any atom is -0.306 e. The van der Waals surface area contributed by atoms with Gasteiger partial charge in [-0.25, -0.2) is 4.39 Å². The van der Waals surface area contributed by atoms with Crippen LogP contribution in [-0.4, -0.2) is 4.92 Å². The summed E-state index contributed by atoms with van der Waals surface area (Å²) < 4.78 is 13.6. The molecule has 0 spiro atoms. The van der Waals surface area contributed by atoms with Crippen LogP contribution in [0.25, 0.3) is 0 Å². The van der Waals surface area contributed by atoms with E-state index in [1.54, 1.807) is 18.2 Å². The predicted octanol–water partition coefficient (Wildman–Crippen LogP) is 4.35. The zero-order valence-electron chi connectivity index (χ0n) is 11.3. The molecule has 0 bridgehead atoms. The Bertz CT molecular complexity index is 647. The van der Waals surface area contributed by atoms with E-state index in [0.29, 0.717) is 11.0 Å². The zero-order chi connectivity index (χ0) is 15.4. The van der Waals surface area contributed by atoms with E-state index in [1.165, 1.54) is 24.3 Å². The lowest BCUT2D eigenvalue weighted by Gasteiger charge is -2.15. The molecule has 0 aliphatic rings. The van der Waals surface area contributed by atoms with Crippen LogP contribution in [0.2, 0.25) is 0 Å². The van der Waals surface area contributed by atoms with Gasteiger partial charge in [-0.2, -0.15) is 0 Å². The van der Waals surface area contributed by atoms with Crippen LogP contribution >= 0.6 is 15.9 Å². The number of halogens is 2. The molecule has 2 aromatic carbocycles. The van der Waals surface area contributed by atoms with Crippen LogP contribution in [0.5, 0.6) is 0 Å². The van der Waals surface area contributed by atoms with Crippen molar-refractivity contribution in [3.05, 3.63) is 74.0 Å². The van der Waals surface area contributed by atoms with Gasteiger partial charge in [0.05, 0.1) is 4.92 Å². The Morgan fingerprint density at radius 2 is 1.95 bits per heavy atom. The quantitative estimate of drug-likeness (QED) is 0.642. The number of nitrogens with one attached hydrogen (secondary N) is 1. The van der Waals surface area contributed by atoms with Crippen LogP contribution in [0.3, 0.4) is 0 Å². The molecule has 1 N–H and O–H groups in total. The molecule has 2 aromatic rings. The van der Waals surface area contributed by atoms with Crippen molar-refractivity contribution in [1.29, 1.82) is 0 Å². The lowest BCUT2D eigenvalue weighted by molar-refractivity contribution is -0.384. The highest BCUT2D eigenvalue weighted by Crippen LogP contribution is 2.23. The Morgan fingerprint density at radius 3 is 2.52 bits per heavy atom. The molecule has 0 aliphatic heterocycles. The van der Waals surface area contributed by atoms with Gasteiger partial charge in [0.2, 0.25) is 0 Å². The maximum atomic E-state index is 12.9. The van der Waals surface area contributed by atoms with Crippen LogP contribution < -0.4 is 5.32 Å². The molecular formula is C15H14BrFN2O2. The Balaban J connectivity index is 2.02. The van der Waals surface area contributed by atoms with Crippen molar-refractivity contribution < 1.29 is 9.31 Å². The molecule has 6 heteroatoms. The number of non-ortho nitro benzene ring substituents is 1. The average molecular weight is 353 g/mol. The molecule has 0 aliphatic carbocycles. The number of rotatable bonds is 5. The van der Waals surface area contributed by atoms with Gasteiger partial charge in [-0.05, 0) is 36.2 Å². The lowest BCUT2D eigenvalue weighted by atomic mass is 10.1. The van der Waals surface area contributed by atoms with Gasteiger partial charge in [-0.15, -0.1) is 0 Å². The third-order valence-electron chi connectivity index (χ3n) is 3.22. The van der Waals surface area contributed by atoms with E-state index in [0.717, 1.165) is 11.1 Å². The second kappa shape index (κ2) is 6.78. The molecule has 1 atom stereocenters. The van der Waals surface area contributed by atoms with Crippen LogP contribution in [-0.2, 0) is 6.54 Å². The highest BCUT2D eigenvalue weighted by Gasteiger charge is 2.10. The molecule has 0 amide bonds. The van der Waals surface area contributed by atoms with Gasteiger partial charge < -0.3 is 5.32 Å². The summed E-state index contributed by atoms with van der Waals surface area (Å²) in [5, 5.41) is 14.0. The zero-order valence-corrected chi connectivity index (χ0v) is 12.9. The average Bonchev–Trinajstić information content (AvgIpc) is 2.46.